The molecule has 2 amide bonds. The quantitative estimate of drug-likeness (QED) is 0.670. The molecule has 1 fully saturated rings. The zero-order valence-corrected chi connectivity index (χ0v) is 17.7. The van der Waals surface area contributed by atoms with E-state index in [9.17, 15) is 18.4 Å². The standard InChI is InChI=1S/C22H25F2N3O2S/c1-30-21-17(5-2-10-25-21)22(29)27-11-3-4-15(14-27)7-9-20(28)26-13-16-6-8-18(23)19(24)12-16/h2,5-6,8,10,12,15H,3-4,7,9,11,13-14H2,1H3,(H,26,28)/t15-/m1/s1. The summed E-state index contributed by atoms with van der Waals surface area (Å²) in [5.74, 6) is -1.73. The first-order valence-corrected chi connectivity index (χ1v) is 11.2. The van der Waals surface area contributed by atoms with Crippen molar-refractivity contribution >= 4 is 23.6 Å². The second-order valence-corrected chi connectivity index (χ2v) is 8.18. The topological polar surface area (TPSA) is 62.3 Å². The van der Waals surface area contributed by atoms with Crippen LogP contribution >= 0.6 is 11.8 Å². The number of pyridine rings is 1. The van der Waals surface area contributed by atoms with E-state index in [4.69, 9.17) is 0 Å². The summed E-state index contributed by atoms with van der Waals surface area (Å²) in [6, 6.07) is 7.16. The molecule has 1 aromatic carbocycles. The van der Waals surface area contributed by atoms with E-state index in [2.05, 4.69) is 10.3 Å². The molecule has 1 aromatic heterocycles. The molecule has 1 saturated heterocycles. The lowest BCUT2D eigenvalue weighted by molar-refractivity contribution is -0.121. The van der Waals surface area contributed by atoms with Gasteiger partial charge < -0.3 is 10.2 Å². The number of aromatic nitrogens is 1. The van der Waals surface area contributed by atoms with Crippen LogP contribution in [0, 0.1) is 17.6 Å². The number of hydrogen-bond acceptors (Lipinski definition) is 4. The van der Waals surface area contributed by atoms with Crippen LogP contribution in [0.15, 0.2) is 41.6 Å². The van der Waals surface area contributed by atoms with E-state index in [1.54, 1.807) is 18.3 Å². The largest absolute Gasteiger partial charge is 0.352 e. The molecule has 1 atom stereocenters. The fourth-order valence-corrected chi connectivity index (χ4v) is 4.19. The monoisotopic (exact) mass is 433 g/mol. The number of amides is 2. The van der Waals surface area contributed by atoms with Crippen molar-refractivity contribution in [2.45, 2.75) is 37.3 Å². The number of piperidine rings is 1. The van der Waals surface area contributed by atoms with Gasteiger partial charge in [0.15, 0.2) is 11.6 Å². The maximum atomic E-state index is 13.2. The van der Waals surface area contributed by atoms with Crippen LogP contribution in [0.5, 0.6) is 0 Å². The van der Waals surface area contributed by atoms with Crippen molar-refractivity contribution in [1.82, 2.24) is 15.2 Å². The Hall–Kier alpha value is -2.48. The van der Waals surface area contributed by atoms with Crippen molar-refractivity contribution in [3.63, 3.8) is 0 Å². The van der Waals surface area contributed by atoms with Crippen molar-refractivity contribution in [3.8, 4) is 0 Å². The predicted octanol–water partition coefficient (Wildman–Crippen LogP) is 4.03. The second kappa shape index (κ2) is 10.5. The minimum absolute atomic E-state index is 0.0139. The summed E-state index contributed by atoms with van der Waals surface area (Å²) in [7, 11) is 0. The van der Waals surface area contributed by atoms with Crippen LogP contribution in [0.4, 0.5) is 8.78 Å². The molecular formula is C22H25F2N3O2S. The van der Waals surface area contributed by atoms with Crippen molar-refractivity contribution < 1.29 is 18.4 Å². The molecule has 2 heterocycles. The van der Waals surface area contributed by atoms with Crippen molar-refractivity contribution in [1.29, 1.82) is 0 Å². The summed E-state index contributed by atoms with van der Waals surface area (Å²) in [5.41, 5.74) is 1.13. The fourth-order valence-electron chi connectivity index (χ4n) is 3.65. The van der Waals surface area contributed by atoms with Crippen molar-refractivity contribution in [2.75, 3.05) is 19.3 Å². The molecule has 160 valence electrons. The molecule has 1 N–H and O–H groups in total. The molecule has 30 heavy (non-hydrogen) atoms. The van der Waals surface area contributed by atoms with Gasteiger partial charge in [-0.25, -0.2) is 13.8 Å². The van der Waals surface area contributed by atoms with Gasteiger partial charge in [-0.05, 0) is 61.3 Å². The third-order valence-corrected chi connectivity index (χ3v) is 5.97. The molecule has 2 aromatic rings. The molecule has 0 unspecified atom stereocenters. The Morgan fingerprint density at radius 1 is 1.27 bits per heavy atom. The highest BCUT2D eigenvalue weighted by Gasteiger charge is 2.26. The highest BCUT2D eigenvalue weighted by Crippen LogP contribution is 2.25. The van der Waals surface area contributed by atoms with E-state index in [0.717, 1.165) is 30.0 Å². The molecule has 0 saturated carbocycles. The lowest BCUT2D eigenvalue weighted by atomic mass is 9.93. The summed E-state index contributed by atoms with van der Waals surface area (Å²) in [6.45, 7) is 1.49. The van der Waals surface area contributed by atoms with Gasteiger partial charge in [-0.3, -0.25) is 9.59 Å². The normalized spacial score (nSPS) is 16.4. The van der Waals surface area contributed by atoms with Gasteiger partial charge in [-0.1, -0.05) is 6.07 Å². The van der Waals surface area contributed by atoms with E-state index in [1.807, 2.05) is 11.2 Å². The molecule has 0 aliphatic carbocycles. The zero-order chi connectivity index (χ0) is 21.5. The van der Waals surface area contributed by atoms with Crippen molar-refractivity contribution in [3.05, 3.63) is 59.3 Å². The Morgan fingerprint density at radius 2 is 2.10 bits per heavy atom. The number of benzene rings is 1. The fraction of sp³-hybridized carbons (Fsp3) is 0.409. The van der Waals surface area contributed by atoms with Crippen LogP contribution in [-0.2, 0) is 11.3 Å². The molecule has 0 bridgehead atoms. The second-order valence-electron chi connectivity index (χ2n) is 7.38. The third kappa shape index (κ3) is 5.78. The van der Waals surface area contributed by atoms with Gasteiger partial charge in [0, 0.05) is 32.3 Å². The number of hydrogen-bond donors (Lipinski definition) is 1. The van der Waals surface area contributed by atoms with Crippen LogP contribution in [-0.4, -0.2) is 41.0 Å². The summed E-state index contributed by atoms with van der Waals surface area (Å²) in [6.07, 6.45) is 6.47. The van der Waals surface area contributed by atoms with Crippen LogP contribution in [0.2, 0.25) is 0 Å². The first-order valence-electron chi connectivity index (χ1n) is 9.97. The van der Waals surface area contributed by atoms with Gasteiger partial charge in [0.1, 0.15) is 5.03 Å². The molecule has 0 spiro atoms. The van der Waals surface area contributed by atoms with Gasteiger partial charge >= 0.3 is 0 Å². The van der Waals surface area contributed by atoms with Crippen LogP contribution < -0.4 is 5.32 Å². The predicted molar refractivity (Wildman–Crippen MR) is 112 cm³/mol. The van der Waals surface area contributed by atoms with Crippen LogP contribution in [0.3, 0.4) is 0 Å². The van der Waals surface area contributed by atoms with Crippen LogP contribution in [0.25, 0.3) is 0 Å². The summed E-state index contributed by atoms with van der Waals surface area (Å²) in [5, 5.41) is 3.46. The molecule has 0 radical (unpaired) electrons. The number of nitrogens with one attached hydrogen (secondary N) is 1. The number of rotatable bonds is 7. The number of thioether (sulfide) groups is 1. The molecule has 3 rings (SSSR count). The average Bonchev–Trinajstić information content (AvgIpc) is 2.78. The number of halogens is 2. The van der Waals surface area contributed by atoms with Gasteiger partial charge in [0.05, 0.1) is 5.56 Å². The van der Waals surface area contributed by atoms with Gasteiger partial charge in [-0.15, -0.1) is 11.8 Å². The molecular weight excluding hydrogens is 408 g/mol. The average molecular weight is 434 g/mol. The minimum atomic E-state index is -0.924. The lowest BCUT2D eigenvalue weighted by Gasteiger charge is -2.33. The zero-order valence-electron chi connectivity index (χ0n) is 16.9. The van der Waals surface area contributed by atoms with Crippen molar-refractivity contribution in [2.24, 2.45) is 5.92 Å². The van der Waals surface area contributed by atoms with Gasteiger partial charge in [0.2, 0.25) is 5.91 Å². The maximum absolute atomic E-state index is 13.2. The minimum Gasteiger partial charge on any atom is -0.352 e. The highest BCUT2D eigenvalue weighted by atomic mass is 32.2. The van der Waals surface area contributed by atoms with E-state index in [1.165, 1.54) is 17.8 Å². The third-order valence-electron chi connectivity index (χ3n) is 5.25. The van der Waals surface area contributed by atoms with Crippen LogP contribution in [0.1, 0.15) is 41.6 Å². The highest BCUT2D eigenvalue weighted by molar-refractivity contribution is 7.98. The Kier molecular flexibility index (Phi) is 7.79. The van der Waals surface area contributed by atoms with E-state index < -0.39 is 11.6 Å². The number of carbonyl (C=O) groups excluding carboxylic acids is 2. The van der Waals surface area contributed by atoms with Gasteiger partial charge in [0.25, 0.3) is 5.91 Å². The first kappa shape index (κ1) is 22.2. The lowest BCUT2D eigenvalue weighted by Crippen LogP contribution is -2.40. The molecule has 5 nitrogen and oxygen atoms in total. The molecule has 1 aliphatic heterocycles. The van der Waals surface area contributed by atoms with E-state index in [0.29, 0.717) is 37.1 Å². The summed E-state index contributed by atoms with van der Waals surface area (Å²) < 4.78 is 26.2. The number of nitrogens with zero attached hydrogens (tertiary/aromatic N) is 2. The molecule has 1 aliphatic rings. The smallest absolute Gasteiger partial charge is 0.256 e. The van der Waals surface area contributed by atoms with Gasteiger partial charge in [-0.2, -0.15) is 0 Å². The first-order chi connectivity index (χ1) is 14.5. The van der Waals surface area contributed by atoms with E-state index in [-0.39, 0.29) is 24.3 Å². The van der Waals surface area contributed by atoms with E-state index >= 15 is 0 Å². The Balaban J connectivity index is 1.48. The number of likely N-dealkylation sites (tertiary alicyclic amines) is 1. The Morgan fingerprint density at radius 3 is 2.87 bits per heavy atom. The Labute approximate surface area is 179 Å². The summed E-state index contributed by atoms with van der Waals surface area (Å²) >= 11 is 1.45. The maximum Gasteiger partial charge on any atom is 0.256 e. The SMILES string of the molecule is CSc1ncccc1C(=O)N1CCC[C@H](CCC(=O)NCc2ccc(F)c(F)c2)C1. The summed E-state index contributed by atoms with van der Waals surface area (Å²) in [4.78, 5) is 31.2. The molecule has 8 heteroatoms. The Bertz CT molecular complexity index is 910. The number of carbonyl (C=O) groups is 2.